The van der Waals surface area contributed by atoms with Crippen LogP contribution in [0.3, 0.4) is 0 Å². The van der Waals surface area contributed by atoms with Crippen molar-refractivity contribution < 1.29 is 4.79 Å². The van der Waals surface area contributed by atoms with Crippen LogP contribution < -0.4 is 5.32 Å². The van der Waals surface area contributed by atoms with Gasteiger partial charge in [0.1, 0.15) is 0 Å². The molecule has 0 spiro atoms. The average Bonchev–Trinajstić information content (AvgIpc) is 3.13. The van der Waals surface area contributed by atoms with Crippen LogP contribution in [0.25, 0.3) is 0 Å². The average molecular weight is 271 g/mol. The van der Waals surface area contributed by atoms with Gasteiger partial charge in [-0.3, -0.25) is 4.79 Å². The van der Waals surface area contributed by atoms with Crippen LogP contribution in [0.15, 0.2) is 41.8 Å². The Morgan fingerprint density at radius 3 is 2.58 bits per heavy atom. The van der Waals surface area contributed by atoms with Crippen LogP contribution in [-0.4, -0.2) is 5.91 Å². The molecule has 0 unspecified atom stereocenters. The molecule has 0 bridgehead atoms. The summed E-state index contributed by atoms with van der Waals surface area (Å²) in [6.07, 6.45) is 2.08. The molecule has 1 fully saturated rings. The van der Waals surface area contributed by atoms with Gasteiger partial charge in [0.15, 0.2) is 0 Å². The van der Waals surface area contributed by atoms with Crippen molar-refractivity contribution in [1.29, 1.82) is 0 Å². The zero-order chi connectivity index (χ0) is 13.2. The molecule has 1 N–H and O–H groups in total. The van der Waals surface area contributed by atoms with Crippen LogP contribution in [0, 0.1) is 12.8 Å². The maximum absolute atomic E-state index is 12.0. The highest BCUT2D eigenvalue weighted by atomic mass is 32.1. The van der Waals surface area contributed by atoms with Crippen LogP contribution in [-0.2, 0) is 4.79 Å². The van der Waals surface area contributed by atoms with Crippen LogP contribution in [0.4, 0.5) is 0 Å². The summed E-state index contributed by atoms with van der Waals surface area (Å²) in [7, 11) is 0. The monoisotopic (exact) mass is 271 g/mol. The number of nitrogens with one attached hydrogen (secondary N) is 1. The van der Waals surface area contributed by atoms with Crippen molar-refractivity contribution in [3.05, 3.63) is 57.8 Å². The van der Waals surface area contributed by atoms with Gasteiger partial charge in [0, 0.05) is 10.8 Å². The fraction of sp³-hybridized carbons (Fsp3) is 0.312. The fourth-order valence-electron chi connectivity index (χ4n) is 2.14. The number of benzene rings is 1. The number of carbonyl (C=O) groups excluding carboxylic acids is 1. The van der Waals surface area contributed by atoms with Crippen molar-refractivity contribution in [2.24, 2.45) is 5.92 Å². The number of carbonyl (C=O) groups is 1. The third-order valence-corrected chi connectivity index (χ3v) is 4.41. The van der Waals surface area contributed by atoms with E-state index in [1.807, 2.05) is 6.07 Å². The van der Waals surface area contributed by atoms with Crippen molar-refractivity contribution in [2.45, 2.75) is 25.8 Å². The summed E-state index contributed by atoms with van der Waals surface area (Å²) in [5, 5.41) is 5.24. The van der Waals surface area contributed by atoms with Crippen LogP contribution >= 0.6 is 11.3 Å². The molecule has 2 nitrogen and oxygen atoms in total. The quantitative estimate of drug-likeness (QED) is 0.903. The van der Waals surface area contributed by atoms with Gasteiger partial charge >= 0.3 is 0 Å². The van der Waals surface area contributed by atoms with E-state index in [4.69, 9.17) is 0 Å². The van der Waals surface area contributed by atoms with E-state index in [2.05, 4.69) is 48.0 Å². The fourth-order valence-corrected chi connectivity index (χ4v) is 2.94. The Kier molecular flexibility index (Phi) is 3.38. The van der Waals surface area contributed by atoms with Crippen molar-refractivity contribution >= 4 is 17.2 Å². The minimum atomic E-state index is -0.00583. The lowest BCUT2D eigenvalue weighted by Crippen LogP contribution is -2.29. The number of rotatable bonds is 4. The van der Waals surface area contributed by atoms with Crippen molar-refractivity contribution in [3.63, 3.8) is 0 Å². The third kappa shape index (κ3) is 2.87. The van der Waals surface area contributed by atoms with Crippen molar-refractivity contribution in [1.82, 2.24) is 5.32 Å². The second-order valence-electron chi connectivity index (χ2n) is 5.14. The van der Waals surface area contributed by atoms with E-state index < -0.39 is 0 Å². The Balaban J connectivity index is 1.87. The van der Waals surface area contributed by atoms with Gasteiger partial charge in [0.05, 0.1) is 6.04 Å². The molecule has 1 aliphatic rings. The minimum absolute atomic E-state index is 0.00583. The first-order chi connectivity index (χ1) is 9.24. The van der Waals surface area contributed by atoms with Crippen LogP contribution in [0.2, 0.25) is 0 Å². The summed E-state index contributed by atoms with van der Waals surface area (Å²) in [4.78, 5) is 13.2. The van der Waals surface area contributed by atoms with Gasteiger partial charge in [0.25, 0.3) is 0 Å². The van der Waals surface area contributed by atoms with Crippen LogP contribution in [0.1, 0.15) is 34.9 Å². The molecule has 1 aliphatic carbocycles. The molecule has 2 aromatic rings. The summed E-state index contributed by atoms with van der Waals surface area (Å²) in [5.74, 6) is 0.437. The molecular weight excluding hydrogens is 254 g/mol. The molecule has 1 aromatic carbocycles. The predicted molar refractivity (Wildman–Crippen MR) is 78.2 cm³/mol. The van der Waals surface area contributed by atoms with Gasteiger partial charge in [-0.05, 0) is 36.8 Å². The summed E-state index contributed by atoms with van der Waals surface area (Å²) in [6.45, 7) is 2.08. The Bertz CT molecular complexity index is 555. The lowest BCUT2D eigenvalue weighted by molar-refractivity contribution is -0.122. The normalized spacial score (nSPS) is 16.1. The van der Waals surface area contributed by atoms with E-state index in [9.17, 15) is 4.79 Å². The highest BCUT2D eigenvalue weighted by molar-refractivity contribution is 7.10. The molecule has 1 heterocycles. The van der Waals surface area contributed by atoms with Gasteiger partial charge in [-0.2, -0.15) is 0 Å². The highest BCUT2D eigenvalue weighted by Gasteiger charge is 2.31. The smallest absolute Gasteiger partial charge is 0.223 e. The standard InChI is InChI=1S/C16H17NOS/c1-11-4-6-12(7-5-11)15(14-3-2-10-19-14)17-16(18)13-8-9-13/h2-7,10,13,15H,8-9H2,1H3,(H,17,18)/t15-/m1/s1. The summed E-state index contributed by atoms with van der Waals surface area (Å²) < 4.78 is 0. The minimum Gasteiger partial charge on any atom is -0.344 e. The first-order valence-electron chi connectivity index (χ1n) is 6.64. The zero-order valence-corrected chi connectivity index (χ0v) is 11.7. The van der Waals surface area contributed by atoms with Gasteiger partial charge in [-0.1, -0.05) is 35.9 Å². The summed E-state index contributed by atoms with van der Waals surface area (Å²) >= 11 is 1.69. The van der Waals surface area contributed by atoms with E-state index >= 15 is 0 Å². The Morgan fingerprint density at radius 2 is 2.00 bits per heavy atom. The van der Waals surface area contributed by atoms with Crippen molar-refractivity contribution in [2.75, 3.05) is 0 Å². The molecule has 1 aromatic heterocycles. The molecule has 3 rings (SSSR count). The van der Waals surface area contributed by atoms with Crippen LogP contribution in [0.5, 0.6) is 0 Å². The maximum Gasteiger partial charge on any atom is 0.223 e. The number of amides is 1. The number of thiophene rings is 1. The largest absolute Gasteiger partial charge is 0.344 e. The molecule has 19 heavy (non-hydrogen) atoms. The van der Waals surface area contributed by atoms with E-state index in [0.29, 0.717) is 0 Å². The highest BCUT2D eigenvalue weighted by Crippen LogP contribution is 2.32. The molecule has 0 radical (unpaired) electrons. The molecule has 1 amide bonds. The molecular formula is C16H17NOS. The predicted octanol–water partition coefficient (Wildman–Crippen LogP) is 3.67. The van der Waals surface area contributed by atoms with Gasteiger partial charge in [-0.15, -0.1) is 11.3 Å². The van der Waals surface area contributed by atoms with E-state index in [1.54, 1.807) is 11.3 Å². The van der Waals surface area contributed by atoms with Crippen molar-refractivity contribution in [3.8, 4) is 0 Å². The number of hydrogen-bond donors (Lipinski definition) is 1. The molecule has 0 aliphatic heterocycles. The van der Waals surface area contributed by atoms with Gasteiger partial charge < -0.3 is 5.32 Å². The Hall–Kier alpha value is -1.61. The number of hydrogen-bond acceptors (Lipinski definition) is 2. The van der Waals surface area contributed by atoms with Gasteiger partial charge in [-0.25, -0.2) is 0 Å². The number of aryl methyl sites for hydroxylation is 1. The van der Waals surface area contributed by atoms with Gasteiger partial charge in [0.2, 0.25) is 5.91 Å². The topological polar surface area (TPSA) is 29.1 Å². The first-order valence-corrected chi connectivity index (χ1v) is 7.52. The SMILES string of the molecule is Cc1ccc([C@@H](NC(=O)C2CC2)c2cccs2)cc1. The second-order valence-corrected chi connectivity index (χ2v) is 6.12. The maximum atomic E-state index is 12.0. The first kappa shape index (κ1) is 12.4. The molecule has 0 saturated heterocycles. The third-order valence-electron chi connectivity index (χ3n) is 3.47. The van der Waals surface area contributed by atoms with E-state index in [0.717, 1.165) is 18.4 Å². The van der Waals surface area contributed by atoms with E-state index in [1.165, 1.54) is 10.4 Å². The van der Waals surface area contributed by atoms with E-state index in [-0.39, 0.29) is 17.9 Å². The lowest BCUT2D eigenvalue weighted by atomic mass is 10.0. The summed E-state index contributed by atoms with van der Waals surface area (Å²) in [5.41, 5.74) is 2.39. The summed E-state index contributed by atoms with van der Waals surface area (Å²) in [6, 6.07) is 12.5. The molecule has 1 atom stereocenters. The molecule has 98 valence electrons. The second kappa shape index (κ2) is 5.17. The molecule has 1 saturated carbocycles. The zero-order valence-electron chi connectivity index (χ0n) is 10.9. The Labute approximate surface area is 117 Å². The Morgan fingerprint density at radius 1 is 1.26 bits per heavy atom. The molecule has 3 heteroatoms. The lowest BCUT2D eigenvalue weighted by Gasteiger charge is -2.18.